The van der Waals surface area contributed by atoms with E-state index in [9.17, 15) is 22.7 Å². The monoisotopic (exact) mass is 506 g/mol. The minimum atomic E-state index is -3.75. The fourth-order valence-corrected chi connectivity index (χ4v) is 5.22. The lowest BCUT2D eigenvalue weighted by Crippen LogP contribution is -2.32. The molecule has 1 fully saturated rings. The van der Waals surface area contributed by atoms with E-state index in [1.54, 1.807) is 12.1 Å². The van der Waals surface area contributed by atoms with E-state index in [2.05, 4.69) is 4.72 Å². The Morgan fingerprint density at radius 3 is 2.59 bits per heavy atom. The van der Waals surface area contributed by atoms with Gasteiger partial charge in [0.15, 0.2) is 0 Å². The number of nitrogens with zero attached hydrogens (tertiary/aromatic N) is 1. The highest BCUT2D eigenvalue weighted by Gasteiger charge is 2.54. The van der Waals surface area contributed by atoms with Crippen molar-refractivity contribution in [3.05, 3.63) is 61.3 Å². The van der Waals surface area contributed by atoms with Crippen LogP contribution >= 0.6 is 22.6 Å². The Hall–Kier alpha value is -1.46. The van der Waals surface area contributed by atoms with Gasteiger partial charge in [0.05, 0.1) is 10.4 Å². The second-order valence-electron chi connectivity index (χ2n) is 6.77. The zero-order chi connectivity index (χ0) is 19.8. The van der Waals surface area contributed by atoms with Gasteiger partial charge < -0.3 is 9.67 Å². The first-order valence-corrected chi connectivity index (χ1v) is 11.0. The molecule has 2 N–H and O–H groups in total. The van der Waals surface area contributed by atoms with Crippen molar-refractivity contribution >= 4 is 38.3 Å². The van der Waals surface area contributed by atoms with Crippen molar-refractivity contribution in [2.75, 3.05) is 11.3 Å². The predicted octanol–water partition coefficient (Wildman–Crippen LogP) is 2.38. The Balaban J connectivity index is 2.00. The van der Waals surface area contributed by atoms with Crippen LogP contribution in [0.3, 0.4) is 0 Å². The van der Waals surface area contributed by atoms with Gasteiger partial charge in [-0.1, -0.05) is 6.07 Å². The summed E-state index contributed by atoms with van der Waals surface area (Å²) in [5.41, 5.74) is 0.689. The van der Waals surface area contributed by atoms with E-state index in [1.807, 2.05) is 22.6 Å². The summed E-state index contributed by atoms with van der Waals surface area (Å²) in [5, 5.41) is 9.17. The summed E-state index contributed by atoms with van der Waals surface area (Å²) in [4.78, 5) is 12.1. The fourth-order valence-electron chi connectivity index (χ4n) is 3.08. The third-order valence-electron chi connectivity index (χ3n) is 5.00. The van der Waals surface area contributed by atoms with Crippen LogP contribution < -0.4 is 10.3 Å². The Labute approximate surface area is 170 Å². The lowest BCUT2D eigenvalue weighted by molar-refractivity contribution is 0.283. The minimum Gasteiger partial charge on any atom is -0.396 e. The van der Waals surface area contributed by atoms with Crippen LogP contribution in [0.15, 0.2) is 35.1 Å². The Morgan fingerprint density at radius 2 is 2.00 bits per heavy atom. The molecule has 1 saturated carbocycles. The first kappa shape index (κ1) is 20.3. The lowest BCUT2D eigenvalue weighted by atomic mass is 10.1. The average molecular weight is 506 g/mol. The standard InChI is InChI=1S/C18H20FIN2O4S/c1-22-16(10-12-2-3-13(20)11-14(12)19)15(4-5-17(22)24)21-27(25,26)18(6-7-18)8-9-23/h2-5,11,21,23H,6-10H2,1H3. The minimum absolute atomic E-state index is 0.0696. The predicted molar refractivity (Wildman–Crippen MR) is 110 cm³/mol. The molecule has 3 rings (SSSR count). The molecule has 0 radical (unpaired) electrons. The Bertz CT molecular complexity index is 1030. The molecule has 6 nitrogen and oxygen atoms in total. The number of rotatable bonds is 7. The number of pyridine rings is 1. The van der Waals surface area contributed by atoms with Crippen molar-refractivity contribution in [3.8, 4) is 0 Å². The van der Waals surface area contributed by atoms with Crippen LogP contribution in [0.4, 0.5) is 10.1 Å². The number of hydrogen-bond donors (Lipinski definition) is 2. The average Bonchev–Trinajstić information content (AvgIpc) is 3.38. The van der Waals surface area contributed by atoms with Crippen LogP contribution in [0.25, 0.3) is 0 Å². The van der Waals surface area contributed by atoms with E-state index >= 15 is 0 Å². The second-order valence-corrected chi connectivity index (χ2v) is 10.1. The molecule has 0 saturated heterocycles. The van der Waals surface area contributed by atoms with Crippen molar-refractivity contribution < 1.29 is 17.9 Å². The molecule has 1 aliphatic carbocycles. The maximum atomic E-state index is 14.3. The molecule has 1 aliphatic rings. The van der Waals surface area contributed by atoms with Crippen molar-refractivity contribution in [3.63, 3.8) is 0 Å². The van der Waals surface area contributed by atoms with Crippen molar-refractivity contribution in [1.29, 1.82) is 0 Å². The third kappa shape index (κ3) is 4.04. The van der Waals surface area contributed by atoms with Gasteiger partial charge in [0.2, 0.25) is 10.0 Å². The highest BCUT2D eigenvalue weighted by molar-refractivity contribution is 14.1. The molecule has 1 aromatic carbocycles. The summed E-state index contributed by atoms with van der Waals surface area (Å²) in [6.07, 6.45) is 1.20. The SMILES string of the molecule is Cn1c(Cc2ccc(I)cc2F)c(NS(=O)(=O)C2(CCO)CC2)ccc1=O. The maximum Gasteiger partial charge on any atom is 0.250 e. The fraction of sp³-hybridized carbons (Fsp3) is 0.389. The lowest BCUT2D eigenvalue weighted by Gasteiger charge is -2.20. The van der Waals surface area contributed by atoms with E-state index < -0.39 is 20.6 Å². The van der Waals surface area contributed by atoms with Gasteiger partial charge in [0, 0.05) is 35.4 Å². The number of hydrogen-bond acceptors (Lipinski definition) is 4. The molecule has 2 aromatic rings. The van der Waals surface area contributed by atoms with Crippen LogP contribution in [-0.2, 0) is 23.5 Å². The molecule has 0 atom stereocenters. The van der Waals surface area contributed by atoms with Gasteiger partial charge in [0.25, 0.3) is 5.56 Å². The van der Waals surface area contributed by atoms with E-state index in [4.69, 9.17) is 0 Å². The Kier molecular flexibility index (Phi) is 5.64. The second kappa shape index (κ2) is 7.51. The Morgan fingerprint density at radius 1 is 1.30 bits per heavy atom. The number of aromatic nitrogens is 1. The highest BCUT2D eigenvalue weighted by Crippen LogP contribution is 2.47. The van der Waals surface area contributed by atoms with Crippen LogP contribution in [0.5, 0.6) is 0 Å². The third-order valence-corrected chi connectivity index (χ3v) is 7.91. The first-order chi connectivity index (χ1) is 12.7. The summed E-state index contributed by atoms with van der Waals surface area (Å²) < 4.78 is 43.6. The highest BCUT2D eigenvalue weighted by atomic mass is 127. The molecule has 9 heteroatoms. The van der Waals surface area contributed by atoms with Crippen LogP contribution in [0.1, 0.15) is 30.5 Å². The van der Waals surface area contributed by atoms with E-state index in [1.165, 1.54) is 29.8 Å². The number of anilines is 1. The van der Waals surface area contributed by atoms with Crippen molar-refractivity contribution in [2.24, 2.45) is 7.05 Å². The molecule has 0 aliphatic heterocycles. The first-order valence-electron chi connectivity index (χ1n) is 8.45. The number of halogens is 2. The van der Waals surface area contributed by atoms with Crippen molar-refractivity contribution in [1.82, 2.24) is 4.57 Å². The maximum absolute atomic E-state index is 14.3. The smallest absolute Gasteiger partial charge is 0.250 e. The summed E-state index contributed by atoms with van der Waals surface area (Å²) in [5.74, 6) is -0.411. The van der Waals surface area contributed by atoms with Crippen LogP contribution in [0, 0.1) is 9.39 Å². The summed E-state index contributed by atoms with van der Waals surface area (Å²) in [6, 6.07) is 7.46. The molecule has 0 amide bonds. The topological polar surface area (TPSA) is 88.4 Å². The zero-order valence-electron chi connectivity index (χ0n) is 14.7. The molecule has 0 spiro atoms. The number of sulfonamides is 1. The molecule has 1 aromatic heterocycles. The molecule has 0 unspecified atom stereocenters. The molecule has 27 heavy (non-hydrogen) atoms. The normalized spacial score (nSPS) is 15.6. The molecule has 0 bridgehead atoms. The summed E-state index contributed by atoms with van der Waals surface area (Å²) >= 11 is 2.01. The number of aliphatic hydroxyl groups excluding tert-OH is 1. The van der Waals surface area contributed by atoms with Crippen LogP contribution in [-0.4, -0.2) is 29.4 Å². The van der Waals surface area contributed by atoms with Gasteiger partial charge >= 0.3 is 0 Å². The van der Waals surface area contributed by atoms with Gasteiger partial charge in [-0.05, 0) is 65.6 Å². The van der Waals surface area contributed by atoms with Crippen molar-refractivity contribution in [2.45, 2.75) is 30.4 Å². The van der Waals surface area contributed by atoms with Gasteiger partial charge in [0.1, 0.15) is 5.82 Å². The summed E-state index contributed by atoms with van der Waals surface area (Å²) in [6.45, 7) is -0.213. The molecule has 146 valence electrons. The van der Waals surface area contributed by atoms with Gasteiger partial charge in [-0.15, -0.1) is 0 Å². The number of benzene rings is 1. The van der Waals surface area contributed by atoms with Gasteiger partial charge in [-0.2, -0.15) is 0 Å². The quantitative estimate of drug-likeness (QED) is 0.565. The zero-order valence-corrected chi connectivity index (χ0v) is 17.7. The number of aliphatic hydroxyl groups is 1. The molecular formula is C18H20FIN2O4S. The number of nitrogens with one attached hydrogen (secondary N) is 1. The summed E-state index contributed by atoms with van der Waals surface area (Å²) in [7, 11) is -2.22. The molecular weight excluding hydrogens is 486 g/mol. The van der Waals surface area contributed by atoms with E-state index in [0.29, 0.717) is 24.1 Å². The van der Waals surface area contributed by atoms with Gasteiger partial charge in [-0.3, -0.25) is 9.52 Å². The van der Waals surface area contributed by atoms with E-state index in [-0.39, 0.29) is 30.7 Å². The molecule has 1 heterocycles. The van der Waals surface area contributed by atoms with Crippen LogP contribution in [0.2, 0.25) is 0 Å². The van der Waals surface area contributed by atoms with Gasteiger partial charge in [-0.25, -0.2) is 12.8 Å². The van der Waals surface area contributed by atoms with E-state index in [0.717, 1.165) is 3.57 Å². The largest absolute Gasteiger partial charge is 0.396 e.